The van der Waals surface area contributed by atoms with Gasteiger partial charge in [0.2, 0.25) is 5.91 Å². The highest BCUT2D eigenvalue weighted by Gasteiger charge is 2.32. The van der Waals surface area contributed by atoms with Crippen LogP contribution in [0.15, 0.2) is 0 Å². The maximum atomic E-state index is 11.5. The molecule has 0 spiro atoms. The predicted octanol–water partition coefficient (Wildman–Crippen LogP) is -1.78. The molecule has 1 heterocycles. The van der Waals surface area contributed by atoms with Crippen LogP contribution >= 0.6 is 11.8 Å². The number of primary amides is 1. The standard InChI is InChI=1S/C8H17N3O3S2/c1-16(13,14)7-5-15-3-2-11(7)4-6(9)8(10)12/h6-7H,2-5,9H2,1H3,(H2,10,12). The molecule has 1 amide bonds. The van der Waals surface area contributed by atoms with E-state index in [2.05, 4.69) is 0 Å². The highest BCUT2D eigenvalue weighted by atomic mass is 32.2. The summed E-state index contributed by atoms with van der Waals surface area (Å²) in [5.41, 5.74) is 10.6. The van der Waals surface area contributed by atoms with Crippen molar-refractivity contribution in [2.75, 3.05) is 30.9 Å². The number of nitrogens with zero attached hydrogens (tertiary/aromatic N) is 1. The second-order valence-corrected chi connectivity index (χ2v) is 7.22. The number of carbonyl (C=O) groups is 1. The Hall–Kier alpha value is -0.310. The van der Waals surface area contributed by atoms with E-state index in [9.17, 15) is 13.2 Å². The first-order valence-corrected chi connectivity index (χ1v) is 7.99. The zero-order valence-corrected chi connectivity index (χ0v) is 10.8. The fourth-order valence-electron chi connectivity index (χ4n) is 1.56. The van der Waals surface area contributed by atoms with Crippen LogP contribution in [-0.2, 0) is 14.6 Å². The first-order chi connectivity index (χ1) is 7.32. The van der Waals surface area contributed by atoms with Gasteiger partial charge in [0.25, 0.3) is 0 Å². The van der Waals surface area contributed by atoms with Crippen molar-refractivity contribution in [2.45, 2.75) is 11.4 Å². The molecule has 0 aromatic rings. The molecule has 0 aromatic heterocycles. The summed E-state index contributed by atoms with van der Waals surface area (Å²) in [7, 11) is -3.15. The molecule has 94 valence electrons. The van der Waals surface area contributed by atoms with Crippen LogP contribution in [0, 0.1) is 0 Å². The Balaban J connectivity index is 2.72. The van der Waals surface area contributed by atoms with Gasteiger partial charge in [-0.15, -0.1) is 0 Å². The van der Waals surface area contributed by atoms with Crippen molar-refractivity contribution >= 4 is 27.5 Å². The van der Waals surface area contributed by atoms with Gasteiger partial charge in [-0.3, -0.25) is 9.69 Å². The second kappa shape index (κ2) is 5.35. The molecule has 1 aliphatic heterocycles. The number of nitrogens with two attached hydrogens (primary N) is 2. The molecule has 16 heavy (non-hydrogen) atoms. The SMILES string of the molecule is CS(=O)(=O)C1CSCCN1CC(N)C(N)=O. The van der Waals surface area contributed by atoms with Gasteiger partial charge < -0.3 is 11.5 Å². The largest absolute Gasteiger partial charge is 0.368 e. The van der Waals surface area contributed by atoms with Crippen molar-refractivity contribution in [3.63, 3.8) is 0 Å². The molecule has 4 N–H and O–H groups in total. The molecular formula is C8H17N3O3S2. The number of hydrogen-bond acceptors (Lipinski definition) is 6. The molecule has 0 aromatic carbocycles. The van der Waals surface area contributed by atoms with Gasteiger partial charge in [0.05, 0.1) is 6.04 Å². The number of hydrogen-bond donors (Lipinski definition) is 2. The number of amides is 1. The topological polar surface area (TPSA) is 106 Å². The van der Waals surface area contributed by atoms with Gasteiger partial charge in [0, 0.05) is 30.9 Å². The fourth-order valence-corrected chi connectivity index (χ4v) is 4.51. The van der Waals surface area contributed by atoms with E-state index >= 15 is 0 Å². The summed E-state index contributed by atoms with van der Waals surface area (Å²) in [6.07, 6.45) is 1.20. The molecule has 0 bridgehead atoms. The third kappa shape index (κ3) is 3.62. The van der Waals surface area contributed by atoms with Gasteiger partial charge in [-0.1, -0.05) is 0 Å². The van der Waals surface area contributed by atoms with Crippen LogP contribution in [0.5, 0.6) is 0 Å². The lowest BCUT2D eigenvalue weighted by Gasteiger charge is -2.34. The van der Waals surface area contributed by atoms with E-state index in [1.165, 1.54) is 6.26 Å². The lowest BCUT2D eigenvalue weighted by molar-refractivity contribution is -0.119. The normalized spacial score (nSPS) is 25.2. The van der Waals surface area contributed by atoms with Crippen molar-refractivity contribution in [3.8, 4) is 0 Å². The van der Waals surface area contributed by atoms with E-state index in [4.69, 9.17) is 11.5 Å². The average molecular weight is 267 g/mol. The van der Waals surface area contributed by atoms with Gasteiger partial charge in [-0.25, -0.2) is 8.42 Å². The quantitative estimate of drug-likeness (QED) is 0.623. The van der Waals surface area contributed by atoms with Crippen LogP contribution < -0.4 is 11.5 Å². The summed E-state index contributed by atoms with van der Waals surface area (Å²) in [5, 5.41) is -0.559. The summed E-state index contributed by atoms with van der Waals surface area (Å²) in [4.78, 5) is 12.6. The van der Waals surface area contributed by atoms with Crippen LogP contribution in [0.4, 0.5) is 0 Å². The maximum Gasteiger partial charge on any atom is 0.235 e. The molecule has 0 saturated carbocycles. The van der Waals surface area contributed by atoms with Gasteiger partial charge in [-0.05, 0) is 0 Å². The van der Waals surface area contributed by atoms with Crippen LogP contribution in [0.25, 0.3) is 0 Å². The molecule has 1 fully saturated rings. The average Bonchev–Trinajstić information content (AvgIpc) is 2.16. The lowest BCUT2D eigenvalue weighted by Crippen LogP contribution is -2.54. The molecule has 1 aliphatic rings. The minimum Gasteiger partial charge on any atom is -0.368 e. The fraction of sp³-hybridized carbons (Fsp3) is 0.875. The summed E-state index contributed by atoms with van der Waals surface area (Å²) in [6.45, 7) is 0.816. The maximum absolute atomic E-state index is 11.5. The molecule has 2 unspecified atom stereocenters. The molecule has 1 saturated heterocycles. The van der Waals surface area contributed by atoms with Crippen LogP contribution in [0.1, 0.15) is 0 Å². The molecule has 8 heteroatoms. The first-order valence-electron chi connectivity index (χ1n) is 4.88. The minimum atomic E-state index is -3.15. The number of thioether (sulfide) groups is 1. The van der Waals surface area contributed by atoms with Crippen molar-refractivity contribution in [2.24, 2.45) is 11.5 Å². The van der Waals surface area contributed by atoms with E-state index < -0.39 is 27.2 Å². The Morgan fingerprint density at radius 1 is 1.62 bits per heavy atom. The first kappa shape index (κ1) is 13.8. The van der Waals surface area contributed by atoms with Crippen molar-refractivity contribution in [3.05, 3.63) is 0 Å². The molecular weight excluding hydrogens is 250 g/mol. The van der Waals surface area contributed by atoms with Crippen LogP contribution in [0.2, 0.25) is 0 Å². The number of rotatable bonds is 4. The third-order valence-corrected chi connectivity index (χ3v) is 5.17. The molecule has 0 aliphatic carbocycles. The summed E-state index contributed by atoms with van der Waals surface area (Å²) < 4.78 is 23.1. The zero-order chi connectivity index (χ0) is 12.3. The van der Waals surface area contributed by atoms with Crippen LogP contribution in [-0.4, -0.2) is 61.5 Å². The Morgan fingerprint density at radius 3 is 2.75 bits per heavy atom. The Morgan fingerprint density at radius 2 is 2.25 bits per heavy atom. The molecule has 2 atom stereocenters. The van der Waals surface area contributed by atoms with Crippen molar-refractivity contribution in [1.82, 2.24) is 4.90 Å². The molecule has 1 rings (SSSR count). The van der Waals surface area contributed by atoms with Crippen LogP contribution in [0.3, 0.4) is 0 Å². The lowest BCUT2D eigenvalue weighted by atomic mass is 10.2. The van der Waals surface area contributed by atoms with Crippen molar-refractivity contribution in [1.29, 1.82) is 0 Å². The Bertz CT molecular complexity index is 358. The van der Waals surface area contributed by atoms with Gasteiger partial charge in [-0.2, -0.15) is 11.8 Å². The highest BCUT2D eigenvalue weighted by Crippen LogP contribution is 2.20. The van der Waals surface area contributed by atoms with E-state index in [-0.39, 0.29) is 6.54 Å². The van der Waals surface area contributed by atoms with E-state index in [0.717, 1.165) is 5.75 Å². The number of sulfone groups is 1. The zero-order valence-electron chi connectivity index (χ0n) is 9.13. The van der Waals surface area contributed by atoms with Crippen molar-refractivity contribution < 1.29 is 13.2 Å². The summed E-state index contributed by atoms with van der Waals surface area (Å²) in [6, 6.07) is -0.813. The number of carbonyl (C=O) groups excluding carboxylic acids is 1. The third-order valence-electron chi connectivity index (χ3n) is 2.48. The van der Waals surface area contributed by atoms with E-state index in [1.54, 1.807) is 16.7 Å². The van der Waals surface area contributed by atoms with Gasteiger partial charge >= 0.3 is 0 Å². The summed E-state index contributed by atoms with van der Waals surface area (Å²) in [5.74, 6) is 0.757. The van der Waals surface area contributed by atoms with Gasteiger partial charge in [0.1, 0.15) is 5.37 Å². The van der Waals surface area contributed by atoms with E-state index in [1.807, 2.05) is 0 Å². The van der Waals surface area contributed by atoms with E-state index in [0.29, 0.717) is 12.3 Å². The molecule has 0 radical (unpaired) electrons. The highest BCUT2D eigenvalue weighted by molar-refractivity contribution is 8.00. The minimum absolute atomic E-state index is 0.202. The Kier molecular flexibility index (Phi) is 4.60. The molecule has 6 nitrogen and oxygen atoms in total. The summed E-state index contributed by atoms with van der Waals surface area (Å²) >= 11 is 1.59. The van der Waals surface area contributed by atoms with Gasteiger partial charge in [0.15, 0.2) is 9.84 Å². The second-order valence-electron chi connectivity index (χ2n) is 3.86. The Labute approximate surface area is 99.6 Å². The monoisotopic (exact) mass is 267 g/mol. The predicted molar refractivity (Wildman–Crippen MR) is 64.7 cm³/mol. The smallest absolute Gasteiger partial charge is 0.235 e.